The van der Waals surface area contributed by atoms with Gasteiger partial charge in [0.2, 0.25) is 11.8 Å². The molecular formula is C15H22N2O2. The van der Waals surface area contributed by atoms with Crippen molar-refractivity contribution in [2.24, 2.45) is 5.41 Å². The molecule has 0 unspecified atom stereocenters. The van der Waals surface area contributed by atoms with Gasteiger partial charge in [-0.05, 0) is 32.4 Å². The predicted molar refractivity (Wildman–Crippen MR) is 76.8 cm³/mol. The standard InChI is InChI=1S/C15H22N2O2/c1-4-5-11-16-13(18)15(2,3)14(19)17-12-9-7-6-8-10-12/h6-10H,4-5,11H2,1-3H3,(H,16,18)(H,17,19). The smallest absolute Gasteiger partial charge is 0.239 e. The minimum Gasteiger partial charge on any atom is -0.355 e. The number of anilines is 1. The van der Waals surface area contributed by atoms with Crippen LogP contribution in [-0.4, -0.2) is 18.4 Å². The molecule has 0 atom stereocenters. The Morgan fingerprint density at radius 2 is 1.74 bits per heavy atom. The molecule has 0 aliphatic carbocycles. The van der Waals surface area contributed by atoms with Crippen LogP contribution in [0.2, 0.25) is 0 Å². The maximum atomic E-state index is 12.1. The maximum absolute atomic E-state index is 12.1. The topological polar surface area (TPSA) is 58.2 Å². The van der Waals surface area contributed by atoms with Crippen molar-refractivity contribution in [3.8, 4) is 0 Å². The van der Waals surface area contributed by atoms with Crippen LogP contribution < -0.4 is 10.6 Å². The number of benzene rings is 1. The summed E-state index contributed by atoms with van der Waals surface area (Å²) in [6.45, 7) is 5.93. The molecule has 1 rings (SSSR count). The lowest BCUT2D eigenvalue weighted by Crippen LogP contribution is -2.45. The number of para-hydroxylation sites is 1. The summed E-state index contributed by atoms with van der Waals surface area (Å²) >= 11 is 0. The number of carbonyl (C=O) groups excluding carboxylic acids is 2. The third-order valence-electron chi connectivity index (χ3n) is 2.98. The first-order valence-electron chi connectivity index (χ1n) is 6.63. The zero-order chi connectivity index (χ0) is 14.3. The summed E-state index contributed by atoms with van der Waals surface area (Å²) < 4.78 is 0. The van der Waals surface area contributed by atoms with Crippen LogP contribution in [0, 0.1) is 5.41 Å². The third-order valence-corrected chi connectivity index (χ3v) is 2.98. The molecule has 0 saturated carbocycles. The highest BCUT2D eigenvalue weighted by Crippen LogP contribution is 2.18. The summed E-state index contributed by atoms with van der Waals surface area (Å²) in [7, 11) is 0. The molecule has 0 fully saturated rings. The first-order chi connectivity index (χ1) is 8.98. The van der Waals surface area contributed by atoms with Crippen LogP contribution in [0.15, 0.2) is 30.3 Å². The van der Waals surface area contributed by atoms with Crippen molar-refractivity contribution in [3.63, 3.8) is 0 Å². The Morgan fingerprint density at radius 1 is 1.11 bits per heavy atom. The van der Waals surface area contributed by atoms with Crippen molar-refractivity contribution in [3.05, 3.63) is 30.3 Å². The molecule has 1 aromatic carbocycles. The molecule has 0 aliphatic rings. The molecule has 0 saturated heterocycles. The molecule has 104 valence electrons. The van der Waals surface area contributed by atoms with Gasteiger partial charge >= 0.3 is 0 Å². The Balaban J connectivity index is 2.60. The van der Waals surface area contributed by atoms with E-state index in [0.29, 0.717) is 12.2 Å². The highest BCUT2D eigenvalue weighted by molar-refractivity contribution is 6.09. The van der Waals surface area contributed by atoms with Crippen molar-refractivity contribution in [1.29, 1.82) is 0 Å². The number of amides is 2. The van der Waals surface area contributed by atoms with Crippen molar-refractivity contribution in [1.82, 2.24) is 5.32 Å². The second-order valence-electron chi connectivity index (χ2n) is 5.05. The zero-order valence-corrected chi connectivity index (χ0v) is 11.8. The van der Waals surface area contributed by atoms with Crippen LogP contribution in [0.3, 0.4) is 0 Å². The molecule has 4 nitrogen and oxygen atoms in total. The number of nitrogens with one attached hydrogen (secondary N) is 2. The average molecular weight is 262 g/mol. The van der Waals surface area contributed by atoms with Gasteiger partial charge in [0.25, 0.3) is 0 Å². The third kappa shape index (κ3) is 4.39. The Kier molecular flexibility index (Phi) is 5.55. The van der Waals surface area contributed by atoms with Gasteiger partial charge in [0, 0.05) is 12.2 Å². The summed E-state index contributed by atoms with van der Waals surface area (Å²) in [6, 6.07) is 9.14. The maximum Gasteiger partial charge on any atom is 0.239 e. The lowest BCUT2D eigenvalue weighted by molar-refractivity contribution is -0.138. The van der Waals surface area contributed by atoms with Crippen molar-refractivity contribution < 1.29 is 9.59 Å². The Hall–Kier alpha value is -1.84. The highest BCUT2D eigenvalue weighted by atomic mass is 16.2. The van der Waals surface area contributed by atoms with Crippen molar-refractivity contribution in [2.75, 3.05) is 11.9 Å². The van der Waals surface area contributed by atoms with E-state index in [4.69, 9.17) is 0 Å². The number of carbonyl (C=O) groups is 2. The van der Waals surface area contributed by atoms with E-state index in [-0.39, 0.29) is 11.8 Å². The lowest BCUT2D eigenvalue weighted by Gasteiger charge is -2.22. The van der Waals surface area contributed by atoms with E-state index in [0.717, 1.165) is 12.8 Å². The lowest BCUT2D eigenvalue weighted by atomic mass is 9.91. The van der Waals surface area contributed by atoms with E-state index in [1.165, 1.54) is 0 Å². The van der Waals surface area contributed by atoms with Crippen molar-refractivity contribution in [2.45, 2.75) is 33.6 Å². The summed E-state index contributed by atoms with van der Waals surface area (Å²) in [6.07, 6.45) is 1.93. The molecule has 4 heteroatoms. The predicted octanol–water partition coefficient (Wildman–Crippen LogP) is 2.57. The minimum atomic E-state index is -1.08. The van der Waals surface area contributed by atoms with Gasteiger partial charge in [-0.15, -0.1) is 0 Å². The van der Waals surface area contributed by atoms with Crippen LogP contribution >= 0.6 is 0 Å². The van der Waals surface area contributed by atoms with Gasteiger partial charge in [-0.3, -0.25) is 9.59 Å². The Bertz CT molecular complexity index is 427. The van der Waals surface area contributed by atoms with E-state index < -0.39 is 5.41 Å². The zero-order valence-electron chi connectivity index (χ0n) is 11.8. The van der Waals surface area contributed by atoms with Gasteiger partial charge in [0.1, 0.15) is 5.41 Å². The molecule has 0 heterocycles. The van der Waals surface area contributed by atoms with Crippen LogP contribution in [0.1, 0.15) is 33.6 Å². The van der Waals surface area contributed by atoms with Crippen LogP contribution in [0.5, 0.6) is 0 Å². The number of unbranched alkanes of at least 4 members (excludes halogenated alkanes) is 1. The second-order valence-corrected chi connectivity index (χ2v) is 5.05. The van der Waals surface area contributed by atoms with E-state index >= 15 is 0 Å². The largest absolute Gasteiger partial charge is 0.355 e. The Morgan fingerprint density at radius 3 is 2.32 bits per heavy atom. The summed E-state index contributed by atoms with van der Waals surface area (Å²) in [4.78, 5) is 24.1. The van der Waals surface area contributed by atoms with Gasteiger partial charge in [0.05, 0.1) is 0 Å². The van der Waals surface area contributed by atoms with E-state index in [9.17, 15) is 9.59 Å². The normalized spacial score (nSPS) is 10.9. The molecule has 0 spiro atoms. The summed E-state index contributed by atoms with van der Waals surface area (Å²) in [5.41, 5.74) is -0.384. The fraction of sp³-hybridized carbons (Fsp3) is 0.467. The molecule has 2 amide bonds. The minimum absolute atomic E-state index is 0.241. The molecule has 0 radical (unpaired) electrons. The van der Waals surface area contributed by atoms with E-state index in [1.54, 1.807) is 26.0 Å². The van der Waals surface area contributed by atoms with Crippen LogP contribution in [-0.2, 0) is 9.59 Å². The van der Waals surface area contributed by atoms with E-state index in [2.05, 4.69) is 17.6 Å². The van der Waals surface area contributed by atoms with Crippen LogP contribution in [0.4, 0.5) is 5.69 Å². The fourth-order valence-electron chi connectivity index (χ4n) is 1.51. The monoisotopic (exact) mass is 262 g/mol. The first-order valence-corrected chi connectivity index (χ1v) is 6.63. The van der Waals surface area contributed by atoms with Gasteiger partial charge in [-0.1, -0.05) is 31.5 Å². The molecule has 0 aromatic heterocycles. The van der Waals surface area contributed by atoms with Gasteiger partial charge < -0.3 is 10.6 Å². The number of hydrogen-bond donors (Lipinski definition) is 2. The molecule has 19 heavy (non-hydrogen) atoms. The van der Waals surface area contributed by atoms with Gasteiger partial charge in [-0.2, -0.15) is 0 Å². The number of hydrogen-bond acceptors (Lipinski definition) is 2. The number of rotatable bonds is 6. The Labute approximate surface area is 114 Å². The van der Waals surface area contributed by atoms with Crippen LogP contribution in [0.25, 0.3) is 0 Å². The average Bonchev–Trinajstić information content (AvgIpc) is 2.40. The van der Waals surface area contributed by atoms with E-state index in [1.807, 2.05) is 18.2 Å². The molecule has 0 bridgehead atoms. The highest BCUT2D eigenvalue weighted by Gasteiger charge is 2.35. The molecule has 2 N–H and O–H groups in total. The summed E-state index contributed by atoms with van der Waals surface area (Å²) in [5.74, 6) is -0.540. The van der Waals surface area contributed by atoms with Gasteiger partial charge in [-0.25, -0.2) is 0 Å². The molecule has 0 aliphatic heterocycles. The van der Waals surface area contributed by atoms with Gasteiger partial charge in [0.15, 0.2) is 0 Å². The summed E-state index contributed by atoms with van der Waals surface area (Å²) in [5, 5.41) is 5.54. The molecule has 1 aromatic rings. The molecular weight excluding hydrogens is 240 g/mol. The SMILES string of the molecule is CCCCNC(=O)C(C)(C)C(=O)Nc1ccccc1. The van der Waals surface area contributed by atoms with Crippen molar-refractivity contribution >= 4 is 17.5 Å². The first kappa shape index (κ1) is 15.2. The quantitative estimate of drug-likeness (QED) is 0.611. The second kappa shape index (κ2) is 6.92. The fourth-order valence-corrected chi connectivity index (χ4v) is 1.51.